The minimum absolute atomic E-state index is 0.00394. The standard InChI is InChI=1S/C36H54N8O14/c1-19(2)13-22(30(51)43-26(18-47)35(56)44-12-6-9-27(44)34(55)39-21(36(57)58)10-11-29(49)50)40-31(52)23(14-20-7-4-3-5-8-20)41-33(54)25(17-46)42-32(53)24(16-45)38-28(48)15-37/h3-5,7-8,19,21-27,45-47H,6,9-18,37H2,1-2H3,(H,38,48)(H,39,55)(H,40,52)(H,41,54)(H,42,53)(H,43,51)(H,49,50)(H,57,58)/t21-,22-,23-,24-,25-,26-,27-/m0/s1. The van der Waals surface area contributed by atoms with Gasteiger partial charge in [-0.3, -0.25) is 38.4 Å². The molecule has 0 unspecified atom stereocenters. The molecule has 7 amide bonds. The summed E-state index contributed by atoms with van der Waals surface area (Å²) in [6.45, 7) is 0.244. The number of nitrogens with two attached hydrogens (primary N) is 1. The van der Waals surface area contributed by atoms with Gasteiger partial charge in [-0.2, -0.15) is 0 Å². The summed E-state index contributed by atoms with van der Waals surface area (Å²) >= 11 is 0. The first-order valence-corrected chi connectivity index (χ1v) is 18.6. The smallest absolute Gasteiger partial charge is 0.326 e. The number of nitrogens with one attached hydrogen (secondary N) is 6. The van der Waals surface area contributed by atoms with Gasteiger partial charge in [0.25, 0.3) is 0 Å². The molecule has 2 rings (SSSR count). The summed E-state index contributed by atoms with van der Waals surface area (Å²) in [5.74, 6) is -9.37. The van der Waals surface area contributed by atoms with E-state index < -0.39 is 135 Å². The molecular formula is C36H54N8O14. The first-order chi connectivity index (χ1) is 27.4. The lowest BCUT2D eigenvalue weighted by atomic mass is 10.0. The Hall–Kier alpha value is -5.71. The molecule has 1 aromatic carbocycles. The molecule has 22 nitrogen and oxygen atoms in total. The fraction of sp³-hybridized carbons (Fsp3) is 0.583. The second-order valence-electron chi connectivity index (χ2n) is 14.0. The predicted molar refractivity (Wildman–Crippen MR) is 201 cm³/mol. The third kappa shape index (κ3) is 15.3. The maximum Gasteiger partial charge on any atom is 0.326 e. The van der Waals surface area contributed by atoms with Gasteiger partial charge in [0.1, 0.15) is 42.3 Å². The highest BCUT2D eigenvalue weighted by Crippen LogP contribution is 2.19. The van der Waals surface area contributed by atoms with Crippen LogP contribution in [0.1, 0.15) is 51.5 Å². The third-order valence-electron chi connectivity index (χ3n) is 8.99. The van der Waals surface area contributed by atoms with Crippen LogP contribution < -0.4 is 37.6 Å². The Bertz CT molecular complexity index is 1610. The monoisotopic (exact) mass is 822 g/mol. The molecule has 1 fully saturated rings. The molecule has 0 radical (unpaired) electrons. The second kappa shape index (κ2) is 24.1. The Morgan fingerprint density at radius 3 is 1.76 bits per heavy atom. The lowest BCUT2D eigenvalue weighted by Crippen LogP contribution is -2.61. The zero-order chi connectivity index (χ0) is 43.5. The highest BCUT2D eigenvalue weighted by atomic mass is 16.4. The Balaban J connectivity index is 2.27. The summed E-state index contributed by atoms with van der Waals surface area (Å²) in [5, 5.41) is 62.1. The summed E-state index contributed by atoms with van der Waals surface area (Å²) < 4.78 is 0. The maximum absolute atomic E-state index is 13.9. The number of nitrogens with zero attached hydrogens (tertiary/aromatic N) is 1. The Morgan fingerprint density at radius 2 is 1.22 bits per heavy atom. The molecule has 0 spiro atoms. The van der Waals surface area contributed by atoms with Gasteiger partial charge in [0.2, 0.25) is 41.4 Å². The van der Waals surface area contributed by atoms with E-state index in [0.29, 0.717) is 12.0 Å². The third-order valence-corrected chi connectivity index (χ3v) is 8.99. The maximum atomic E-state index is 13.9. The fourth-order valence-corrected chi connectivity index (χ4v) is 5.97. The van der Waals surface area contributed by atoms with Crippen molar-refractivity contribution in [3.8, 4) is 0 Å². The molecule has 22 heteroatoms. The van der Waals surface area contributed by atoms with Crippen LogP contribution in [0.25, 0.3) is 0 Å². The van der Waals surface area contributed by atoms with E-state index in [4.69, 9.17) is 10.8 Å². The van der Waals surface area contributed by atoms with Gasteiger partial charge in [0.05, 0.1) is 26.4 Å². The van der Waals surface area contributed by atoms with Crippen molar-refractivity contribution in [2.45, 2.75) is 94.7 Å². The summed E-state index contributed by atoms with van der Waals surface area (Å²) in [4.78, 5) is 116. The second-order valence-corrected chi connectivity index (χ2v) is 14.0. The van der Waals surface area contributed by atoms with Crippen LogP contribution in [0.5, 0.6) is 0 Å². The van der Waals surface area contributed by atoms with Gasteiger partial charge in [-0.05, 0) is 37.2 Å². The van der Waals surface area contributed by atoms with E-state index in [1.54, 1.807) is 44.2 Å². The molecule has 1 saturated heterocycles. The largest absolute Gasteiger partial charge is 0.481 e. The average Bonchev–Trinajstić information content (AvgIpc) is 3.68. The van der Waals surface area contributed by atoms with E-state index in [9.17, 15) is 63.6 Å². The van der Waals surface area contributed by atoms with Crippen molar-refractivity contribution < 1.29 is 68.7 Å². The van der Waals surface area contributed by atoms with Gasteiger partial charge in [0.15, 0.2) is 0 Å². The number of carboxylic acids is 2. The summed E-state index contributed by atoms with van der Waals surface area (Å²) in [6.07, 6.45) is -0.654. The molecule has 1 aromatic rings. The Labute approximate surface area is 333 Å². The van der Waals surface area contributed by atoms with Gasteiger partial charge in [-0.25, -0.2) is 4.79 Å². The van der Waals surface area contributed by atoms with Crippen LogP contribution in [0.4, 0.5) is 0 Å². The van der Waals surface area contributed by atoms with E-state index in [0.717, 1.165) is 4.90 Å². The molecule has 322 valence electrons. The van der Waals surface area contributed by atoms with Crippen LogP contribution in [0, 0.1) is 5.92 Å². The molecule has 58 heavy (non-hydrogen) atoms. The van der Waals surface area contributed by atoms with E-state index in [2.05, 4.69) is 31.9 Å². The van der Waals surface area contributed by atoms with Crippen molar-refractivity contribution in [3.63, 3.8) is 0 Å². The number of benzene rings is 1. The first kappa shape index (κ1) is 48.4. The summed E-state index contributed by atoms with van der Waals surface area (Å²) in [5.41, 5.74) is 5.80. The number of rotatable bonds is 24. The van der Waals surface area contributed by atoms with Gasteiger partial charge >= 0.3 is 11.9 Å². The molecule has 13 N–H and O–H groups in total. The molecule has 1 aliphatic heterocycles. The molecule has 0 bridgehead atoms. The quantitative estimate of drug-likeness (QED) is 0.0465. The summed E-state index contributed by atoms with van der Waals surface area (Å²) in [7, 11) is 0. The first-order valence-electron chi connectivity index (χ1n) is 18.6. The normalized spacial score (nSPS) is 16.7. The van der Waals surface area contributed by atoms with Crippen LogP contribution in [0.2, 0.25) is 0 Å². The van der Waals surface area contributed by atoms with Gasteiger partial charge < -0.3 is 68.1 Å². The van der Waals surface area contributed by atoms with Crippen LogP contribution in [0.3, 0.4) is 0 Å². The average molecular weight is 823 g/mol. The minimum atomic E-state index is -1.66. The van der Waals surface area contributed by atoms with Crippen molar-refractivity contribution >= 4 is 53.3 Å². The minimum Gasteiger partial charge on any atom is -0.481 e. The van der Waals surface area contributed by atoms with E-state index in [1.807, 2.05) is 0 Å². The van der Waals surface area contributed by atoms with Gasteiger partial charge in [-0.15, -0.1) is 0 Å². The molecule has 7 atom stereocenters. The van der Waals surface area contributed by atoms with Crippen molar-refractivity contribution in [2.24, 2.45) is 11.7 Å². The molecular weight excluding hydrogens is 768 g/mol. The number of carbonyl (C=O) groups is 9. The van der Waals surface area contributed by atoms with E-state index >= 15 is 0 Å². The van der Waals surface area contributed by atoms with Crippen molar-refractivity contribution in [3.05, 3.63) is 35.9 Å². The highest BCUT2D eigenvalue weighted by Gasteiger charge is 2.40. The van der Waals surface area contributed by atoms with Crippen LogP contribution in [0.15, 0.2) is 30.3 Å². The molecule has 0 aliphatic carbocycles. The molecule has 1 heterocycles. The number of aliphatic carboxylic acids is 2. The van der Waals surface area contributed by atoms with Crippen LogP contribution >= 0.6 is 0 Å². The number of amides is 7. The molecule has 0 saturated carbocycles. The number of aliphatic hydroxyl groups excluding tert-OH is 3. The number of carbonyl (C=O) groups excluding carboxylic acids is 7. The zero-order valence-electron chi connectivity index (χ0n) is 32.2. The number of carboxylic acid groups (broad SMARTS) is 2. The Morgan fingerprint density at radius 1 is 0.707 bits per heavy atom. The lowest BCUT2D eigenvalue weighted by Gasteiger charge is -2.30. The number of likely N-dealkylation sites (tertiary alicyclic amines) is 1. The molecule has 1 aliphatic rings. The Kier molecular flexibility index (Phi) is 20.2. The SMILES string of the molecule is CC(C)C[C@H](NC(=O)[C@H](Cc1ccccc1)NC(=O)[C@H](CO)NC(=O)[C@H](CO)NC(=O)CN)C(=O)N[C@@H](CO)C(=O)N1CCC[C@H]1C(=O)N[C@@H](CCC(=O)O)C(=O)O. The van der Waals surface area contributed by atoms with Crippen LogP contribution in [-0.2, 0) is 49.6 Å². The topological polar surface area (TPSA) is 356 Å². The van der Waals surface area contributed by atoms with Gasteiger partial charge in [0, 0.05) is 19.4 Å². The summed E-state index contributed by atoms with van der Waals surface area (Å²) in [6, 6.07) is -1.92. The van der Waals surface area contributed by atoms with E-state index in [1.165, 1.54) is 0 Å². The number of hydrogen-bond acceptors (Lipinski definition) is 13. The number of aliphatic hydroxyl groups is 3. The zero-order valence-corrected chi connectivity index (χ0v) is 32.2. The lowest BCUT2D eigenvalue weighted by molar-refractivity contribution is -0.146. The fourth-order valence-electron chi connectivity index (χ4n) is 5.97. The number of hydrogen-bond donors (Lipinski definition) is 12. The predicted octanol–water partition coefficient (Wildman–Crippen LogP) is -4.94. The molecule has 0 aromatic heterocycles. The van der Waals surface area contributed by atoms with Crippen LogP contribution in [-0.4, -0.2) is 159 Å². The highest BCUT2D eigenvalue weighted by molar-refractivity contribution is 5.97. The van der Waals surface area contributed by atoms with Gasteiger partial charge in [-0.1, -0.05) is 44.2 Å². The van der Waals surface area contributed by atoms with Crippen molar-refractivity contribution in [1.82, 2.24) is 36.8 Å². The van der Waals surface area contributed by atoms with E-state index in [-0.39, 0.29) is 31.7 Å². The van der Waals surface area contributed by atoms with Crippen molar-refractivity contribution in [1.29, 1.82) is 0 Å². The van der Waals surface area contributed by atoms with Crippen molar-refractivity contribution in [2.75, 3.05) is 32.9 Å².